The van der Waals surface area contributed by atoms with E-state index in [2.05, 4.69) is 14.6 Å². The summed E-state index contributed by atoms with van der Waals surface area (Å²) in [7, 11) is -0.511. The van der Waals surface area contributed by atoms with Crippen LogP contribution in [0.3, 0.4) is 0 Å². The number of likely N-dealkylation sites (tertiary alicyclic amines) is 1. The molecule has 3 aromatic rings. The number of nitrogens with zero attached hydrogens (tertiary/aromatic N) is 1. The fraction of sp³-hybridized carbons (Fsp3) is 0.462. The third-order valence-electron chi connectivity index (χ3n) is 7.80. The molecule has 6 nitrogen and oxygen atoms in total. The summed E-state index contributed by atoms with van der Waals surface area (Å²) in [6.07, 6.45) is 3.10. The number of hydrogen-bond donors (Lipinski definition) is 2. The molecule has 1 saturated heterocycles. The Morgan fingerprint density at radius 3 is 2.54 bits per heavy atom. The molecule has 2 fully saturated rings. The number of sulfonamides is 1. The second-order valence-corrected chi connectivity index (χ2v) is 12.0. The molecule has 188 valence electrons. The molecule has 5 rings (SSSR count). The molecule has 1 saturated carbocycles. The number of aromatic amines is 1. The molecule has 2 N–H and O–H groups in total. The van der Waals surface area contributed by atoms with Gasteiger partial charge in [-0.05, 0) is 74.2 Å². The van der Waals surface area contributed by atoms with E-state index in [0.717, 1.165) is 39.8 Å². The molecule has 0 bridgehead atoms. The zero-order chi connectivity index (χ0) is 25.0. The SMILES string of the molecule is CNS(=O)(=O)c1ccc(C2CC3(CCN2Cc2c(OC)cc(C)c4[nH]ccc24)CC(F)(F)C3)cc1. The zero-order valence-corrected chi connectivity index (χ0v) is 21.0. The lowest BCUT2D eigenvalue weighted by molar-refractivity contribution is -0.186. The highest BCUT2D eigenvalue weighted by Gasteiger charge is 2.58. The number of aromatic nitrogens is 1. The maximum Gasteiger partial charge on any atom is 0.249 e. The van der Waals surface area contributed by atoms with Crippen LogP contribution in [0.2, 0.25) is 0 Å². The van der Waals surface area contributed by atoms with Gasteiger partial charge in [0.1, 0.15) is 5.75 Å². The Morgan fingerprint density at radius 1 is 1.20 bits per heavy atom. The molecule has 1 atom stereocenters. The van der Waals surface area contributed by atoms with Crippen LogP contribution < -0.4 is 9.46 Å². The van der Waals surface area contributed by atoms with Gasteiger partial charge in [-0.2, -0.15) is 0 Å². The molecule has 35 heavy (non-hydrogen) atoms. The average Bonchev–Trinajstić information content (AvgIpc) is 3.31. The summed E-state index contributed by atoms with van der Waals surface area (Å²) in [6, 6.07) is 10.8. The number of rotatable bonds is 6. The minimum atomic E-state index is -3.55. The fourth-order valence-electron chi connectivity index (χ4n) is 6.03. The van der Waals surface area contributed by atoms with Crippen molar-refractivity contribution in [3.63, 3.8) is 0 Å². The van der Waals surface area contributed by atoms with Crippen molar-refractivity contribution in [3.8, 4) is 5.75 Å². The van der Waals surface area contributed by atoms with Crippen molar-refractivity contribution in [1.29, 1.82) is 0 Å². The number of hydrogen-bond acceptors (Lipinski definition) is 4. The van der Waals surface area contributed by atoms with E-state index in [9.17, 15) is 17.2 Å². The summed E-state index contributed by atoms with van der Waals surface area (Å²) in [5.41, 5.74) is 3.78. The van der Waals surface area contributed by atoms with Crippen molar-refractivity contribution in [2.45, 2.75) is 56.0 Å². The van der Waals surface area contributed by atoms with Gasteiger partial charge in [0, 0.05) is 48.1 Å². The van der Waals surface area contributed by atoms with Crippen LogP contribution in [0.5, 0.6) is 5.75 Å². The quantitative estimate of drug-likeness (QED) is 0.488. The highest BCUT2D eigenvalue weighted by molar-refractivity contribution is 7.89. The standard InChI is InChI=1S/C26H31F2N3O3S/c1-17-12-23(34-3)21(20-8-10-30-24(17)20)14-31-11-9-25(15-26(27,28)16-25)13-22(31)18-4-6-19(7-5-18)35(32,33)29-2/h4-8,10,12,22,29-30H,9,11,13-16H2,1-3H3. The molecule has 0 radical (unpaired) electrons. The molecular weight excluding hydrogens is 472 g/mol. The van der Waals surface area contributed by atoms with Gasteiger partial charge in [0.05, 0.1) is 12.0 Å². The van der Waals surface area contributed by atoms with Gasteiger partial charge in [-0.1, -0.05) is 12.1 Å². The fourth-order valence-corrected chi connectivity index (χ4v) is 6.76. The van der Waals surface area contributed by atoms with Crippen LogP contribution in [-0.2, 0) is 16.6 Å². The molecule has 2 heterocycles. The number of benzene rings is 2. The normalized spacial score (nSPS) is 21.8. The van der Waals surface area contributed by atoms with E-state index in [-0.39, 0.29) is 29.2 Å². The number of aryl methyl sites for hydroxylation is 1. The van der Waals surface area contributed by atoms with Crippen molar-refractivity contribution >= 4 is 20.9 Å². The summed E-state index contributed by atoms with van der Waals surface area (Å²) in [5, 5.41) is 1.09. The summed E-state index contributed by atoms with van der Waals surface area (Å²) in [4.78, 5) is 5.81. The Morgan fingerprint density at radius 2 is 1.91 bits per heavy atom. The van der Waals surface area contributed by atoms with Gasteiger partial charge < -0.3 is 9.72 Å². The number of piperidine rings is 1. The highest BCUT2D eigenvalue weighted by Crippen LogP contribution is 2.60. The number of H-pyrrole nitrogens is 1. The smallest absolute Gasteiger partial charge is 0.249 e. The van der Waals surface area contributed by atoms with Crippen molar-refractivity contribution in [2.75, 3.05) is 20.7 Å². The first-order valence-corrected chi connectivity index (χ1v) is 13.3. The van der Waals surface area contributed by atoms with E-state index in [1.54, 1.807) is 19.2 Å². The Hall–Kier alpha value is -2.49. The molecule has 2 aromatic carbocycles. The Bertz CT molecular complexity index is 1340. The van der Waals surface area contributed by atoms with Crippen LogP contribution in [0.15, 0.2) is 47.5 Å². The molecule has 2 aliphatic rings. The number of ether oxygens (including phenoxy) is 1. The van der Waals surface area contributed by atoms with E-state index in [0.29, 0.717) is 19.5 Å². The van der Waals surface area contributed by atoms with Crippen LogP contribution >= 0.6 is 0 Å². The maximum absolute atomic E-state index is 13.9. The van der Waals surface area contributed by atoms with Crippen LogP contribution in [-0.4, -0.2) is 44.9 Å². The number of halogens is 2. The first-order chi connectivity index (χ1) is 16.6. The van der Waals surface area contributed by atoms with Crippen molar-refractivity contribution in [3.05, 3.63) is 59.3 Å². The Labute approximate surface area is 204 Å². The Balaban J connectivity index is 1.51. The summed E-state index contributed by atoms with van der Waals surface area (Å²) in [6.45, 7) is 3.32. The molecule has 1 spiro atoms. The van der Waals surface area contributed by atoms with Crippen molar-refractivity contribution in [2.24, 2.45) is 5.41 Å². The largest absolute Gasteiger partial charge is 0.496 e. The van der Waals surface area contributed by atoms with Gasteiger partial charge in [0.15, 0.2) is 0 Å². The number of fused-ring (bicyclic) bond motifs is 1. The molecular formula is C26H31F2N3O3S. The van der Waals surface area contributed by atoms with Gasteiger partial charge >= 0.3 is 0 Å². The third kappa shape index (κ3) is 4.34. The van der Waals surface area contributed by atoms with Gasteiger partial charge in [0.25, 0.3) is 0 Å². The van der Waals surface area contributed by atoms with Crippen LogP contribution in [0.4, 0.5) is 8.78 Å². The lowest BCUT2D eigenvalue weighted by Gasteiger charge is -2.54. The first kappa shape index (κ1) is 24.2. The third-order valence-corrected chi connectivity index (χ3v) is 9.23. The van der Waals surface area contributed by atoms with Crippen LogP contribution in [0.25, 0.3) is 10.9 Å². The monoisotopic (exact) mass is 503 g/mol. The molecule has 0 amide bonds. The van der Waals surface area contributed by atoms with Gasteiger partial charge in [-0.15, -0.1) is 0 Å². The first-order valence-electron chi connectivity index (χ1n) is 11.9. The van der Waals surface area contributed by atoms with Crippen LogP contribution in [0.1, 0.15) is 48.4 Å². The second kappa shape index (κ2) is 8.57. The van der Waals surface area contributed by atoms with Gasteiger partial charge in [0.2, 0.25) is 15.9 Å². The molecule has 1 aliphatic carbocycles. The van der Waals surface area contributed by atoms with Crippen molar-refractivity contribution in [1.82, 2.24) is 14.6 Å². The number of alkyl halides is 2. The minimum Gasteiger partial charge on any atom is -0.496 e. The van der Waals surface area contributed by atoms with E-state index in [1.807, 2.05) is 37.4 Å². The Kier molecular flexibility index (Phi) is 5.93. The van der Waals surface area contributed by atoms with Crippen LogP contribution in [0, 0.1) is 12.3 Å². The summed E-state index contributed by atoms with van der Waals surface area (Å²) < 4.78 is 60.3. The van der Waals surface area contributed by atoms with E-state index in [4.69, 9.17) is 4.74 Å². The topological polar surface area (TPSA) is 74.4 Å². The minimum absolute atomic E-state index is 0.0769. The van der Waals surface area contributed by atoms with E-state index in [1.165, 1.54) is 7.05 Å². The number of methoxy groups -OCH3 is 1. The summed E-state index contributed by atoms with van der Waals surface area (Å²) in [5.74, 6) is -1.78. The molecule has 1 aliphatic heterocycles. The maximum atomic E-state index is 13.9. The second-order valence-electron chi connectivity index (χ2n) is 10.1. The lowest BCUT2D eigenvalue weighted by Crippen LogP contribution is -2.53. The summed E-state index contributed by atoms with van der Waals surface area (Å²) >= 11 is 0. The molecule has 1 unspecified atom stereocenters. The molecule has 1 aromatic heterocycles. The van der Waals surface area contributed by atoms with Gasteiger partial charge in [-0.25, -0.2) is 21.9 Å². The predicted octanol–water partition coefficient (Wildman–Crippen LogP) is 5.15. The van der Waals surface area contributed by atoms with Gasteiger partial charge in [-0.3, -0.25) is 4.90 Å². The number of nitrogens with one attached hydrogen (secondary N) is 2. The zero-order valence-electron chi connectivity index (χ0n) is 20.2. The van der Waals surface area contributed by atoms with Crippen molar-refractivity contribution < 1.29 is 21.9 Å². The highest BCUT2D eigenvalue weighted by atomic mass is 32.2. The predicted molar refractivity (Wildman–Crippen MR) is 131 cm³/mol. The average molecular weight is 504 g/mol. The van der Waals surface area contributed by atoms with E-state index >= 15 is 0 Å². The lowest BCUT2D eigenvalue weighted by atomic mass is 9.59. The molecule has 9 heteroatoms. The van der Waals surface area contributed by atoms with E-state index < -0.39 is 15.9 Å².